The van der Waals surface area contributed by atoms with Gasteiger partial charge >= 0.3 is 0 Å². The molecule has 4 N–H and O–H groups in total. The smallest absolute Gasteiger partial charge is 0.166 e. The highest BCUT2D eigenvalue weighted by molar-refractivity contribution is 7.99. The standard InChI is InChI=1S/C12H17N3OS/c1-2-8(13)11(7-16)17-12-14-9-5-3-4-6-10(9)15-12/h3-6,8,11,16H,2,7,13H2,1H3,(H,14,15). The Morgan fingerprint density at radius 2 is 2.24 bits per heavy atom. The van der Waals surface area contributed by atoms with Crippen LogP contribution in [0.4, 0.5) is 0 Å². The molecule has 0 aliphatic carbocycles. The Morgan fingerprint density at radius 3 is 2.88 bits per heavy atom. The van der Waals surface area contributed by atoms with Crippen LogP contribution in [-0.2, 0) is 0 Å². The molecule has 0 aliphatic rings. The number of nitrogens with zero attached hydrogens (tertiary/aromatic N) is 1. The number of para-hydroxylation sites is 2. The van der Waals surface area contributed by atoms with Gasteiger partial charge in [0, 0.05) is 6.04 Å². The summed E-state index contributed by atoms with van der Waals surface area (Å²) in [5, 5.41) is 10.1. The zero-order chi connectivity index (χ0) is 12.3. The number of rotatable bonds is 5. The van der Waals surface area contributed by atoms with Crippen LogP contribution in [0.3, 0.4) is 0 Å². The van der Waals surface area contributed by atoms with Gasteiger partial charge in [-0.3, -0.25) is 0 Å². The molecule has 92 valence electrons. The predicted molar refractivity (Wildman–Crippen MR) is 71.1 cm³/mol. The van der Waals surface area contributed by atoms with Gasteiger partial charge in [-0.1, -0.05) is 30.8 Å². The molecule has 4 nitrogen and oxygen atoms in total. The Kier molecular flexibility index (Phi) is 4.04. The molecule has 1 aromatic carbocycles. The lowest BCUT2D eigenvalue weighted by Crippen LogP contribution is -2.34. The van der Waals surface area contributed by atoms with Crippen LogP contribution in [0.1, 0.15) is 13.3 Å². The molecule has 2 unspecified atom stereocenters. The lowest BCUT2D eigenvalue weighted by molar-refractivity contribution is 0.281. The molecule has 0 bridgehead atoms. The fraction of sp³-hybridized carbons (Fsp3) is 0.417. The molecule has 0 saturated carbocycles. The lowest BCUT2D eigenvalue weighted by atomic mass is 10.2. The van der Waals surface area contributed by atoms with Gasteiger partial charge in [0.25, 0.3) is 0 Å². The maximum absolute atomic E-state index is 9.32. The van der Waals surface area contributed by atoms with Crippen LogP contribution in [0.5, 0.6) is 0 Å². The quantitative estimate of drug-likeness (QED) is 0.708. The molecule has 0 aliphatic heterocycles. The highest BCUT2D eigenvalue weighted by Gasteiger charge is 2.18. The average molecular weight is 251 g/mol. The average Bonchev–Trinajstić information content (AvgIpc) is 2.77. The molecular formula is C12H17N3OS. The van der Waals surface area contributed by atoms with E-state index in [1.807, 2.05) is 31.2 Å². The summed E-state index contributed by atoms with van der Waals surface area (Å²) in [6.45, 7) is 2.09. The zero-order valence-electron chi connectivity index (χ0n) is 9.76. The van der Waals surface area contributed by atoms with E-state index in [1.165, 1.54) is 11.8 Å². The van der Waals surface area contributed by atoms with Gasteiger partial charge in [0.2, 0.25) is 0 Å². The summed E-state index contributed by atoms with van der Waals surface area (Å²) in [6, 6.07) is 7.86. The molecule has 2 aromatic rings. The van der Waals surface area contributed by atoms with E-state index >= 15 is 0 Å². The molecule has 5 heteroatoms. The molecule has 2 atom stereocenters. The summed E-state index contributed by atoms with van der Waals surface area (Å²) in [7, 11) is 0. The molecule has 17 heavy (non-hydrogen) atoms. The van der Waals surface area contributed by atoms with Crippen LogP contribution >= 0.6 is 11.8 Å². The molecule has 1 heterocycles. The largest absolute Gasteiger partial charge is 0.395 e. The number of aliphatic hydroxyl groups excluding tert-OH is 1. The number of nitrogens with one attached hydrogen (secondary N) is 1. The molecular weight excluding hydrogens is 234 g/mol. The predicted octanol–water partition coefficient (Wildman–Crippen LogP) is 1.75. The molecule has 0 radical (unpaired) electrons. The number of thioether (sulfide) groups is 1. The van der Waals surface area contributed by atoms with Gasteiger partial charge in [0.1, 0.15) is 0 Å². The normalized spacial score (nSPS) is 15.0. The first kappa shape index (κ1) is 12.4. The molecule has 0 amide bonds. The van der Waals surface area contributed by atoms with Crippen molar-refractivity contribution in [1.82, 2.24) is 9.97 Å². The lowest BCUT2D eigenvalue weighted by Gasteiger charge is -2.18. The summed E-state index contributed by atoms with van der Waals surface area (Å²) < 4.78 is 0. The van der Waals surface area contributed by atoms with Gasteiger partial charge in [-0.2, -0.15) is 0 Å². The minimum Gasteiger partial charge on any atom is -0.395 e. The van der Waals surface area contributed by atoms with Gasteiger partial charge in [0.15, 0.2) is 5.16 Å². The molecule has 0 fully saturated rings. The maximum Gasteiger partial charge on any atom is 0.166 e. The number of aromatic nitrogens is 2. The van der Waals surface area contributed by atoms with Crippen LogP contribution in [0.15, 0.2) is 29.4 Å². The van der Waals surface area contributed by atoms with E-state index in [9.17, 15) is 5.11 Å². The number of aliphatic hydroxyl groups is 1. The van der Waals surface area contributed by atoms with E-state index in [0.29, 0.717) is 0 Å². The van der Waals surface area contributed by atoms with Crippen molar-refractivity contribution < 1.29 is 5.11 Å². The van der Waals surface area contributed by atoms with Gasteiger partial charge in [0.05, 0.1) is 22.9 Å². The minimum absolute atomic E-state index is 0.0134. The van der Waals surface area contributed by atoms with Crippen molar-refractivity contribution in [2.24, 2.45) is 5.73 Å². The van der Waals surface area contributed by atoms with Crippen molar-refractivity contribution >= 4 is 22.8 Å². The Morgan fingerprint density at radius 1 is 1.47 bits per heavy atom. The van der Waals surface area contributed by atoms with E-state index in [1.54, 1.807) is 0 Å². The van der Waals surface area contributed by atoms with Crippen molar-refractivity contribution in [2.75, 3.05) is 6.61 Å². The first-order valence-electron chi connectivity index (χ1n) is 5.72. The fourth-order valence-corrected chi connectivity index (χ4v) is 2.70. The molecule has 0 saturated heterocycles. The summed E-state index contributed by atoms with van der Waals surface area (Å²) in [5.41, 5.74) is 7.90. The SMILES string of the molecule is CCC(N)C(CO)Sc1nc2ccccc2[nH]1. The molecule has 1 aromatic heterocycles. The van der Waals surface area contributed by atoms with E-state index in [0.717, 1.165) is 22.6 Å². The minimum atomic E-state index is -0.0155. The fourth-order valence-electron chi connectivity index (χ4n) is 1.65. The van der Waals surface area contributed by atoms with E-state index < -0.39 is 0 Å². The summed E-state index contributed by atoms with van der Waals surface area (Å²) in [5.74, 6) is 0. The van der Waals surface area contributed by atoms with E-state index in [2.05, 4.69) is 9.97 Å². The third-order valence-corrected chi connectivity index (χ3v) is 3.98. The highest BCUT2D eigenvalue weighted by Crippen LogP contribution is 2.25. The van der Waals surface area contributed by atoms with Crippen LogP contribution < -0.4 is 5.73 Å². The Balaban J connectivity index is 2.16. The van der Waals surface area contributed by atoms with Crippen LogP contribution in [0.25, 0.3) is 11.0 Å². The monoisotopic (exact) mass is 251 g/mol. The Bertz CT molecular complexity index is 452. The van der Waals surface area contributed by atoms with Crippen LogP contribution in [-0.4, -0.2) is 33.0 Å². The van der Waals surface area contributed by atoms with Crippen molar-refractivity contribution in [3.8, 4) is 0 Å². The Labute approximate surface area is 105 Å². The third kappa shape index (κ3) is 2.80. The van der Waals surface area contributed by atoms with E-state index in [-0.39, 0.29) is 17.9 Å². The first-order valence-corrected chi connectivity index (χ1v) is 6.60. The Hall–Kier alpha value is -1.04. The number of hydrogen-bond donors (Lipinski definition) is 3. The van der Waals surface area contributed by atoms with E-state index in [4.69, 9.17) is 5.73 Å². The maximum atomic E-state index is 9.32. The summed E-state index contributed by atoms with van der Waals surface area (Å²) in [4.78, 5) is 7.68. The molecule has 0 spiro atoms. The second-order valence-electron chi connectivity index (χ2n) is 3.97. The second-order valence-corrected chi connectivity index (χ2v) is 5.20. The summed E-state index contributed by atoms with van der Waals surface area (Å²) in [6.07, 6.45) is 0.846. The number of H-pyrrole nitrogens is 1. The number of fused-ring (bicyclic) bond motifs is 1. The number of hydrogen-bond acceptors (Lipinski definition) is 4. The van der Waals surface area contributed by atoms with Crippen LogP contribution in [0.2, 0.25) is 0 Å². The van der Waals surface area contributed by atoms with Crippen molar-refractivity contribution in [3.05, 3.63) is 24.3 Å². The van der Waals surface area contributed by atoms with Crippen molar-refractivity contribution in [1.29, 1.82) is 0 Å². The number of benzene rings is 1. The summed E-state index contributed by atoms with van der Waals surface area (Å²) >= 11 is 1.51. The van der Waals surface area contributed by atoms with Crippen molar-refractivity contribution in [2.45, 2.75) is 29.8 Å². The highest BCUT2D eigenvalue weighted by atomic mass is 32.2. The number of imidazole rings is 1. The number of nitrogens with two attached hydrogens (primary N) is 1. The van der Waals surface area contributed by atoms with Crippen molar-refractivity contribution in [3.63, 3.8) is 0 Å². The third-order valence-electron chi connectivity index (χ3n) is 2.76. The topological polar surface area (TPSA) is 74.9 Å². The first-order chi connectivity index (χ1) is 8.24. The van der Waals surface area contributed by atoms with Gasteiger partial charge < -0.3 is 15.8 Å². The van der Waals surface area contributed by atoms with Gasteiger partial charge in [-0.05, 0) is 18.6 Å². The van der Waals surface area contributed by atoms with Gasteiger partial charge in [-0.25, -0.2) is 4.98 Å². The molecule has 2 rings (SSSR count). The van der Waals surface area contributed by atoms with Crippen LogP contribution in [0, 0.1) is 0 Å². The zero-order valence-corrected chi connectivity index (χ0v) is 10.6. The van der Waals surface area contributed by atoms with Gasteiger partial charge in [-0.15, -0.1) is 0 Å². The number of aromatic amines is 1. The second kappa shape index (κ2) is 5.53.